The van der Waals surface area contributed by atoms with Crippen molar-refractivity contribution >= 4 is 34.2 Å². The van der Waals surface area contributed by atoms with Gasteiger partial charge in [-0.3, -0.25) is 0 Å². The zero-order valence-electron chi connectivity index (χ0n) is 12.0. The Morgan fingerprint density at radius 2 is 2.15 bits per heavy atom. The lowest BCUT2D eigenvalue weighted by Gasteiger charge is -2.25. The summed E-state index contributed by atoms with van der Waals surface area (Å²) in [4.78, 5) is 3.94. The van der Waals surface area contributed by atoms with Crippen LogP contribution in [0.4, 0.5) is 0 Å². The minimum atomic E-state index is -1.19. The van der Waals surface area contributed by atoms with Crippen LogP contribution in [0.3, 0.4) is 0 Å². The van der Waals surface area contributed by atoms with Gasteiger partial charge in [0.05, 0.1) is 20.8 Å². The van der Waals surface area contributed by atoms with Gasteiger partial charge in [0.15, 0.2) is 0 Å². The predicted molar refractivity (Wildman–Crippen MR) is 87.5 cm³/mol. The first-order valence-electron chi connectivity index (χ1n) is 6.36. The van der Waals surface area contributed by atoms with Crippen molar-refractivity contribution in [1.29, 1.82) is 0 Å². The molecule has 0 spiro atoms. The molecular formula is C14H20Cl2N2OS. The number of pyridine rings is 1. The van der Waals surface area contributed by atoms with Crippen LogP contribution in [0.15, 0.2) is 24.9 Å². The minimum absolute atomic E-state index is 0.152. The number of hydrogen-bond acceptors (Lipinski definition) is 2. The number of nitrogens with zero attached hydrogens (tertiary/aromatic N) is 1. The van der Waals surface area contributed by atoms with Gasteiger partial charge >= 0.3 is 0 Å². The molecule has 0 fully saturated rings. The molecular weight excluding hydrogens is 315 g/mol. The number of aromatic nitrogens is 1. The highest BCUT2D eigenvalue weighted by molar-refractivity contribution is 7.84. The van der Waals surface area contributed by atoms with Crippen LogP contribution in [0.25, 0.3) is 0 Å². The van der Waals surface area contributed by atoms with Crippen LogP contribution in [0.5, 0.6) is 0 Å². The molecule has 3 nitrogen and oxygen atoms in total. The molecule has 0 aliphatic rings. The second kappa shape index (κ2) is 7.55. The zero-order valence-corrected chi connectivity index (χ0v) is 14.3. The highest BCUT2D eigenvalue weighted by Crippen LogP contribution is 2.31. The molecule has 2 atom stereocenters. The normalized spacial score (nSPS) is 14.8. The van der Waals surface area contributed by atoms with Crippen molar-refractivity contribution in [3.63, 3.8) is 0 Å². The van der Waals surface area contributed by atoms with Gasteiger partial charge < -0.3 is 0 Å². The fourth-order valence-electron chi connectivity index (χ4n) is 1.57. The minimum Gasteiger partial charge on any atom is -0.243 e. The predicted octanol–water partition coefficient (Wildman–Crippen LogP) is 4.45. The van der Waals surface area contributed by atoms with E-state index in [1.54, 1.807) is 12.3 Å². The van der Waals surface area contributed by atoms with Crippen LogP contribution in [0, 0.1) is 0 Å². The SMILES string of the molecule is C=CCC[C@H](N[S@@](=O)C(C)(C)C)c1ccnc(Cl)c1Cl. The molecule has 6 heteroatoms. The topological polar surface area (TPSA) is 42.0 Å². The first-order chi connectivity index (χ1) is 9.27. The largest absolute Gasteiger partial charge is 0.243 e. The van der Waals surface area contributed by atoms with E-state index < -0.39 is 11.0 Å². The standard InChI is InChI=1S/C14H20Cl2N2OS/c1-5-6-7-11(18-20(19)14(2,3)4)10-8-9-17-13(16)12(10)15/h5,8-9,11,18H,1,6-7H2,2-4H3/t11-,20-/m0/s1. The van der Waals surface area contributed by atoms with E-state index in [-0.39, 0.29) is 15.9 Å². The lowest BCUT2D eigenvalue weighted by atomic mass is 10.0. The number of halogens is 2. The van der Waals surface area contributed by atoms with Gasteiger partial charge in [-0.1, -0.05) is 29.3 Å². The number of hydrogen-bond donors (Lipinski definition) is 1. The molecule has 0 saturated heterocycles. The lowest BCUT2D eigenvalue weighted by Crippen LogP contribution is -2.35. The van der Waals surface area contributed by atoms with Gasteiger partial charge in [0.1, 0.15) is 5.15 Å². The van der Waals surface area contributed by atoms with Gasteiger partial charge in [0.2, 0.25) is 0 Å². The third-order valence-electron chi connectivity index (χ3n) is 2.72. The molecule has 20 heavy (non-hydrogen) atoms. The van der Waals surface area contributed by atoms with Crippen molar-refractivity contribution in [2.75, 3.05) is 0 Å². The Kier molecular flexibility index (Phi) is 6.65. The maximum atomic E-state index is 12.3. The van der Waals surface area contributed by atoms with E-state index >= 15 is 0 Å². The molecule has 112 valence electrons. The van der Waals surface area contributed by atoms with E-state index in [9.17, 15) is 4.21 Å². The van der Waals surface area contributed by atoms with Gasteiger partial charge in [-0.2, -0.15) is 0 Å². The molecule has 0 amide bonds. The maximum Gasteiger partial charge on any atom is 0.147 e. The summed E-state index contributed by atoms with van der Waals surface area (Å²) in [6.07, 6.45) is 4.96. The fraction of sp³-hybridized carbons (Fsp3) is 0.500. The van der Waals surface area contributed by atoms with Gasteiger partial charge in [-0.15, -0.1) is 6.58 Å². The summed E-state index contributed by atoms with van der Waals surface area (Å²) in [7, 11) is -1.19. The van der Waals surface area contributed by atoms with Gasteiger partial charge in [0.25, 0.3) is 0 Å². The van der Waals surface area contributed by atoms with E-state index in [0.29, 0.717) is 5.02 Å². The van der Waals surface area contributed by atoms with Gasteiger partial charge in [0, 0.05) is 12.2 Å². The molecule has 0 aliphatic heterocycles. The van der Waals surface area contributed by atoms with Crippen LogP contribution >= 0.6 is 23.2 Å². The third-order valence-corrected chi connectivity index (χ3v) is 5.11. The van der Waals surface area contributed by atoms with Crippen LogP contribution in [-0.2, 0) is 11.0 Å². The average molecular weight is 335 g/mol. The molecule has 0 radical (unpaired) electrons. The summed E-state index contributed by atoms with van der Waals surface area (Å²) in [5, 5.41) is 0.665. The molecule has 0 unspecified atom stereocenters. The van der Waals surface area contributed by atoms with Crippen molar-refractivity contribution in [3.05, 3.63) is 40.7 Å². The van der Waals surface area contributed by atoms with Crippen LogP contribution in [-0.4, -0.2) is 13.9 Å². The fourth-order valence-corrected chi connectivity index (χ4v) is 2.84. The van der Waals surface area contributed by atoms with Crippen LogP contribution in [0.1, 0.15) is 45.2 Å². The van der Waals surface area contributed by atoms with E-state index in [1.807, 2.05) is 26.8 Å². The summed E-state index contributed by atoms with van der Waals surface area (Å²) in [5.41, 5.74) is 0.811. The van der Waals surface area contributed by atoms with E-state index in [2.05, 4.69) is 16.3 Å². The number of rotatable bonds is 6. The van der Waals surface area contributed by atoms with Gasteiger partial charge in [-0.05, 0) is 45.2 Å². The Labute approximate surface area is 133 Å². The summed E-state index contributed by atoms with van der Waals surface area (Å²) >= 11 is 12.2. The van der Waals surface area contributed by atoms with Crippen molar-refractivity contribution in [2.45, 2.75) is 44.4 Å². The Morgan fingerprint density at radius 3 is 2.70 bits per heavy atom. The quantitative estimate of drug-likeness (QED) is 0.616. The van der Waals surface area contributed by atoms with E-state index in [0.717, 1.165) is 18.4 Å². The van der Waals surface area contributed by atoms with Crippen molar-refractivity contribution in [1.82, 2.24) is 9.71 Å². The molecule has 1 heterocycles. The second-order valence-electron chi connectivity index (χ2n) is 5.42. The first-order valence-corrected chi connectivity index (χ1v) is 8.26. The molecule has 0 aromatic carbocycles. The zero-order chi connectivity index (χ0) is 15.3. The molecule has 0 bridgehead atoms. The Hall–Kier alpha value is -0.420. The second-order valence-corrected chi connectivity index (χ2v) is 8.16. The van der Waals surface area contributed by atoms with Crippen molar-refractivity contribution < 1.29 is 4.21 Å². The third kappa shape index (κ3) is 4.85. The van der Waals surface area contributed by atoms with Crippen molar-refractivity contribution in [3.8, 4) is 0 Å². The number of nitrogens with one attached hydrogen (secondary N) is 1. The summed E-state index contributed by atoms with van der Waals surface area (Å²) in [6.45, 7) is 9.47. The lowest BCUT2D eigenvalue weighted by molar-refractivity contribution is 0.575. The maximum absolute atomic E-state index is 12.3. The van der Waals surface area contributed by atoms with Crippen LogP contribution < -0.4 is 4.72 Å². The van der Waals surface area contributed by atoms with Crippen LogP contribution in [0.2, 0.25) is 10.2 Å². The Bertz CT molecular complexity index is 500. The average Bonchev–Trinajstić information content (AvgIpc) is 2.36. The highest BCUT2D eigenvalue weighted by atomic mass is 35.5. The highest BCUT2D eigenvalue weighted by Gasteiger charge is 2.25. The Balaban J connectivity index is 3.03. The van der Waals surface area contributed by atoms with E-state index in [4.69, 9.17) is 23.2 Å². The Morgan fingerprint density at radius 1 is 1.50 bits per heavy atom. The first kappa shape index (κ1) is 17.6. The molecule has 1 aromatic rings. The number of allylic oxidation sites excluding steroid dienone is 1. The monoisotopic (exact) mass is 334 g/mol. The summed E-state index contributed by atoms with van der Waals surface area (Å²) in [6, 6.07) is 1.65. The van der Waals surface area contributed by atoms with E-state index in [1.165, 1.54) is 0 Å². The smallest absolute Gasteiger partial charge is 0.147 e. The molecule has 1 aromatic heterocycles. The molecule has 0 saturated carbocycles. The van der Waals surface area contributed by atoms with Crippen molar-refractivity contribution in [2.24, 2.45) is 0 Å². The molecule has 1 rings (SSSR count). The summed E-state index contributed by atoms with van der Waals surface area (Å²) < 4.78 is 15.1. The summed E-state index contributed by atoms with van der Waals surface area (Å²) in [5.74, 6) is 0. The van der Waals surface area contributed by atoms with Gasteiger partial charge in [-0.25, -0.2) is 13.9 Å². The molecule has 0 aliphatic carbocycles. The molecule has 1 N–H and O–H groups in total.